The predicted molar refractivity (Wildman–Crippen MR) is 91.3 cm³/mol. The van der Waals surface area contributed by atoms with Gasteiger partial charge in [-0.05, 0) is 17.7 Å². The third-order valence-corrected chi connectivity index (χ3v) is 3.60. The van der Waals surface area contributed by atoms with E-state index in [0.29, 0.717) is 11.5 Å². The van der Waals surface area contributed by atoms with Crippen molar-refractivity contribution in [1.82, 2.24) is 5.32 Å². The predicted octanol–water partition coefficient (Wildman–Crippen LogP) is 2.34. The summed E-state index contributed by atoms with van der Waals surface area (Å²) in [6.07, 6.45) is 0. The Morgan fingerprint density at radius 3 is 2.20 bits per heavy atom. The first-order valence-corrected chi connectivity index (χ1v) is 7.57. The van der Waals surface area contributed by atoms with Crippen molar-refractivity contribution in [2.24, 2.45) is 5.92 Å². The van der Waals surface area contributed by atoms with E-state index >= 15 is 0 Å². The molecule has 128 valence electrons. The first-order valence-electron chi connectivity index (χ1n) is 7.57. The van der Waals surface area contributed by atoms with E-state index < -0.39 is 17.6 Å². The number of carbonyl (C=O) groups excluding carboxylic acids is 2. The van der Waals surface area contributed by atoms with Gasteiger partial charge in [-0.1, -0.05) is 30.3 Å². The maximum atomic E-state index is 12.6. The van der Waals surface area contributed by atoms with E-state index in [1.807, 2.05) is 30.3 Å². The molecular formula is C19H18N2O4. The Balaban J connectivity index is 2.15. The topological polar surface area (TPSA) is 88.4 Å². The standard InChI is InChI=1S/C19H18N2O4/c1-24-15-8-14(9-16(10-15)25-2)18(22)17(11-20)19(23)21-12-13-6-4-3-5-7-13/h3-10,17H,12H2,1-2H3,(H,21,23)/t17-/m1/s1. The highest BCUT2D eigenvalue weighted by molar-refractivity contribution is 6.12. The van der Waals surface area contributed by atoms with Gasteiger partial charge in [0.25, 0.3) is 0 Å². The average Bonchev–Trinajstić information content (AvgIpc) is 2.67. The first-order chi connectivity index (χ1) is 12.1. The van der Waals surface area contributed by atoms with Gasteiger partial charge in [0.15, 0.2) is 11.7 Å². The molecule has 1 atom stereocenters. The van der Waals surface area contributed by atoms with Crippen LogP contribution in [0.4, 0.5) is 0 Å². The molecule has 0 unspecified atom stereocenters. The minimum absolute atomic E-state index is 0.178. The van der Waals surface area contributed by atoms with Crippen molar-refractivity contribution in [3.63, 3.8) is 0 Å². The summed E-state index contributed by atoms with van der Waals surface area (Å²) in [5.74, 6) is -1.88. The molecule has 2 aromatic carbocycles. The quantitative estimate of drug-likeness (QED) is 0.618. The highest BCUT2D eigenvalue weighted by Gasteiger charge is 2.28. The van der Waals surface area contributed by atoms with Gasteiger partial charge in [0.2, 0.25) is 5.91 Å². The number of hydrogen-bond donors (Lipinski definition) is 1. The lowest BCUT2D eigenvalue weighted by Crippen LogP contribution is -2.34. The summed E-state index contributed by atoms with van der Waals surface area (Å²) in [6.45, 7) is 0.243. The molecular weight excluding hydrogens is 320 g/mol. The van der Waals surface area contributed by atoms with Crippen LogP contribution in [-0.2, 0) is 11.3 Å². The molecule has 0 spiro atoms. The average molecular weight is 338 g/mol. The second kappa shape index (κ2) is 8.50. The second-order valence-electron chi connectivity index (χ2n) is 5.23. The van der Waals surface area contributed by atoms with Crippen molar-refractivity contribution in [2.75, 3.05) is 14.2 Å². The van der Waals surface area contributed by atoms with Gasteiger partial charge in [-0.2, -0.15) is 5.26 Å². The zero-order valence-electron chi connectivity index (χ0n) is 14.0. The molecule has 0 saturated carbocycles. The lowest BCUT2D eigenvalue weighted by atomic mass is 9.97. The van der Waals surface area contributed by atoms with Gasteiger partial charge in [-0.25, -0.2) is 0 Å². The Labute approximate surface area is 146 Å². The van der Waals surface area contributed by atoms with Gasteiger partial charge in [0, 0.05) is 18.2 Å². The number of nitrogens with zero attached hydrogens (tertiary/aromatic N) is 1. The summed E-state index contributed by atoms with van der Waals surface area (Å²) in [7, 11) is 2.91. The fourth-order valence-corrected chi connectivity index (χ4v) is 2.24. The highest BCUT2D eigenvalue weighted by atomic mass is 16.5. The minimum atomic E-state index is -1.44. The zero-order valence-corrected chi connectivity index (χ0v) is 14.0. The number of rotatable bonds is 7. The van der Waals surface area contributed by atoms with Gasteiger partial charge in [-0.15, -0.1) is 0 Å². The molecule has 1 N–H and O–H groups in total. The van der Waals surface area contributed by atoms with E-state index in [-0.39, 0.29) is 12.1 Å². The van der Waals surface area contributed by atoms with Crippen LogP contribution in [0, 0.1) is 17.2 Å². The third kappa shape index (κ3) is 4.58. The molecule has 2 aromatic rings. The van der Waals surface area contributed by atoms with Crippen molar-refractivity contribution in [1.29, 1.82) is 5.26 Å². The molecule has 1 amide bonds. The lowest BCUT2D eigenvalue weighted by molar-refractivity contribution is -0.122. The molecule has 0 aliphatic heterocycles. The zero-order chi connectivity index (χ0) is 18.2. The van der Waals surface area contributed by atoms with Gasteiger partial charge in [0.05, 0.1) is 20.3 Å². The van der Waals surface area contributed by atoms with Crippen LogP contribution in [0.25, 0.3) is 0 Å². The molecule has 6 nitrogen and oxygen atoms in total. The Morgan fingerprint density at radius 1 is 1.08 bits per heavy atom. The largest absolute Gasteiger partial charge is 0.497 e. The minimum Gasteiger partial charge on any atom is -0.497 e. The Morgan fingerprint density at radius 2 is 1.68 bits per heavy atom. The fraction of sp³-hybridized carbons (Fsp3) is 0.211. The maximum Gasteiger partial charge on any atom is 0.245 e. The van der Waals surface area contributed by atoms with Crippen LogP contribution in [0.2, 0.25) is 0 Å². The molecule has 0 bridgehead atoms. The van der Waals surface area contributed by atoms with E-state index in [2.05, 4.69) is 5.32 Å². The summed E-state index contributed by atoms with van der Waals surface area (Å²) in [5, 5.41) is 11.9. The number of hydrogen-bond acceptors (Lipinski definition) is 5. The molecule has 6 heteroatoms. The third-order valence-electron chi connectivity index (χ3n) is 3.60. The number of ether oxygens (including phenoxy) is 2. The number of nitrogens with one attached hydrogen (secondary N) is 1. The Hall–Kier alpha value is -3.33. The van der Waals surface area contributed by atoms with Crippen molar-refractivity contribution >= 4 is 11.7 Å². The van der Waals surface area contributed by atoms with Gasteiger partial charge in [-0.3, -0.25) is 9.59 Å². The number of ketones is 1. The van der Waals surface area contributed by atoms with E-state index in [4.69, 9.17) is 9.47 Å². The van der Waals surface area contributed by atoms with Crippen molar-refractivity contribution in [3.05, 3.63) is 59.7 Å². The molecule has 2 rings (SSSR count). The number of amides is 1. The summed E-state index contributed by atoms with van der Waals surface area (Å²) < 4.78 is 10.2. The van der Waals surface area contributed by atoms with E-state index in [1.54, 1.807) is 12.1 Å². The first kappa shape index (κ1) is 18.0. The highest BCUT2D eigenvalue weighted by Crippen LogP contribution is 2.24. The number of benzene rings is 2. The van der Waals surface area contributed by atoms with Crippen molar-refractivity contribution in [3.8, 4) is 17.6 Å². The molecule has 0 heterocycles. The van der Waals surface area contributed by atoms with Crippen LogP contribution in [0.3, 0.4) is 0 Å². The van der Waals surface area contributed by atoms with Gasteiger partial charge in [0.1, 0.15) is 11.5 Å². The van der Waals surface area contributed by atoms with E-state index in [0.717, 1.165) is 5.56 Å². The molecule has 0 aliphatic rings. The molecule has 0 fully saturated rings. The van der Waals surface area contributed by atoms with Crippen LogP contribution < -0.4 is 14.8 Å². The second-order valence-corrected chi connectivity index (χ2v) is 5.23. The Kier molecular flexibility index (Phi) is 6.13. The number of methoxy groups -OCH3 is 2. The summed E-state index contributed by atoms with van der Waals surface area (Å²) >= 11 is 0. The van der Waals surface area contributed by atoms with Crippen LogP contribution in [0.5, 0.6) is 11.5 Å². The van der Waals surface area contributed by atoms with Gasteiger partial charge >= 0.3 is 0 Å². The SMILES string of the molecule is COc1cc(OC)cc(C(=O)[C@@H](C#N)C(=O)NCc2ccccc2)c1. The molecule has 0 saturated heterocycles. The smallest absolute Gasteiger partial charge is 0.245 e. The molecule has 0 radical (unpaired) electrons. The van der Waals surface area contributed by atoms with Crippen LogP contribution in [-0.4, -0.2) is 25.9 Å². The van der Waals surface area contributed by atoms with Crippen LogP contribution >= 0.6 is 0 Å². The normalized spacial score (nSPS) is 11.1. The van der Waals surface area contributed by atoms with Crippen LogP contribution in [0.1, 0.15) is 15.9 Å². The number of Topliss-reactive ketones (excluding diaryl/α,β-unsaturated/α-hetero) is 1. The number of nitriles is 1. The molecule has 0 aliphatic carbocycles. The molecule has 0 aromatic heterocycles. The summed E-state index contributed by atoms with van der Waals surface area (Å²) in [6, 6.07) is 15.6. The maximum absolute atomic E-state index is 12.6. The van der Waals surface area contributed by atoms with Crippen LogP contribution in [0.15, 0.2) is 48.5 Å². The van der Waals surface area contributed by atoms with Crippen molar-refractivity contribution in [2.45, 2.75) is 6.54 Å². The Bertz CT molecular complexity index is 775. The summed E-state index contributed by atoms with van der Waals surface area (Å²) in [4.78, 5) is 24.8. The van der Waals surface area contributed by atoms with Gasteiger partial charge < -0.3 is 14.8 Å². The lowest BCUT2D eigenvalue weighted by Gasteiger charge is -2.12. The summed E-state index contributed by atoms with van der Waals surface area (Å²) in [5.41, 5.74) is 1.06. The van der Waals surface area contributed by atoms with E-state index in [1.165, 1.54) is 26.4 Å². The fourth-order valence-electron chi connectivity index (χ4n) is 2.24. The van der Waals surface area contributed by atoms with E-state index in [9.17, 15) is 14.9 Å². The van der Waals surface area contributed by atoms with Crippen molar-refractivity contribution < 1.29 is 19.1 Å². The monoisotopic (exact) mass is 338 g/mol. The molecule has 25 heavy (non-hydrogen) atoms. The number of carbonyl (C=O) groups is 2.